The molecule has 0 heterocycles. The third-order valence-electron chi connectivity index (χ3n) is 5.60. The summed E-state index contributed by atoms with van der Waals surface area (Å²) in [5, 5.41) is 16.7. The van der Waals surface area contributed by atoms with Gasteiger partial charge in [-0.2, -0.15) is 0 Å². The van der Waals surface area contributed by atoms with E-state index in [0.717, 1.165) is 27.1 Å². The summed E-state index contributed by atoms with van der Waals surface area (Å²) in [6.07, 6.45) is 3.87. The Morgan fingerprint density at radius 2 is 1.47 bits per heavy atom. The van der Waals surface area contributed by atoms with Gasteiger partial charge in [-0.3, -0.25) is 0 Å². The van der Waals surface area contributed by atoms with E-state index in [2.05, 4.69) is 43.1 Å². The van der Waals surface area contributed by atoms with E-state index in [1.165, 1.54) is 0 Å². The summed E-state index contributed by atoms with van der Waals surface area (Å²) in [5.41, 5.74) is 1.89. The van der Waals surface area contributed by atoms with Crippen molar-refractivity contribution in [3.63, 3.8) is 0 Å². The topological polar surface area (TPSA) is 102 Å². The molecule has 0 aliphatic carbocycles. The van der Waals surface area contributed by atoms with Gasteiger partial charge in [0.1, 0.15) is 0 Å². The number of carbonyl (C=O) groups is 3. The van der Waals surface area contributed by atoms with E-state index in [0.29, 0.717) is 43.4 Å². The third-order valence-corrected chi connectivity index (χ3v) is 5.60. The highest BCUT2D eigenvalue weighted by molar-refractivity contribution is 6.13. The number of hydrogen-bond donors (Lipinski definition) is 1. The van der Waals surface area contributed by atoms with E-state index in [4.69, 9.17) is 14.7 Å². The molecule has 7 heteroatoms. The molecular formula is C31H33NO6. The van der Waals surface area contributed by atoms with Gasteiger partial charge < -0.3 is 14.7 Å². The Morgan fingerprint density at radius 3 is 2.00 bits per heavy atom. The molecule has 38 heavy (non-hydrogen) atoms. The molecular weight excluding hydrogens is 482 g/mol. The van der Waals surface area contributed by atoms with Crippen molar-refractivity contribution >= 4 is 45.7 Å². The molecule has 0 aromatic heterocycles. The molecule has 1 N–H and O–H groups in total. The number of carboxylic acid groups (broad SMARTS) is 1. The largest absolute Gasteiger partial charge is 0.478 e. The van der Waals surface area contributed by atoms with Gasteiger partial charge in [0, 0.05) is 22.3 Å². The van der Waals surface area contributed by atoms with Crippen LogP contribution in [0.2, 0.25) is 0 Å². The zero-order chi connectivity index (χ0) is 28.1. The van der Waals surface area contributed by atoms with Crippen LogP contribution in [0.15, 0.2) is 96.2 Å². The average Bonchev–Trinajstić information content (AvgIpc) is 2.91. The average molecular weight is 516 g/mol. The highest BCUT2D eigenvalue weighted by atomic mass is 16.7. The molecule has 3 aromatic carbocycles. The minimum absolute atomic E-state index is 0.185. The summed E-state index contributed by atoms with van der Waals surface area (Å²) < 4.78 is 4.92. The maximum atomic E-state index is 11.4. The smallest absolute Gasteiger partial charge is 0.360 e. The number of fused-ring (bicyclic) bond motifs is 2. The van der Waals surface area contributed by atoms with E-state index < -0.39 is 11.9 Å². The van der Waals surface area contributed by atoms with Crippen molar-refractivity contribution in [1.29, 1.82) is 0 Å². The normalized spacial score (nSPS) is 10.5. The molecule has 7 nitrogen and oxygen atoms in total. The summed E-state index contributed by atoms with van der Waals surface area (Å²) in [6, 6.07) is 18.3. The van der Waals surface area contributed by atoms with E-state index in [-0.39, 0.29) is 11.5 Å². The van der Waals surface area contributed by atoms with Gasteiger partial charge in [0.2, 0.25) is 0 Å². The van der Waals surface area contributed by atoms with Gasteiger partial charge in [0.15, 0.2) is 0 Å². The first kappa shape index (κ1) is 29.7. The SMILES string of the molecule is C=C(C)C(=O)ON=Cc1c2ccccc2cc2ccccc12.C=C(CCCCOC(=O)C(=C)CC)C(=O)O. The number of benzene rings is 3. The van der Waals surface area contributed by atoms with Crippen molar-refractivity contribution < 1.29 is 29.1 Å². The fourth-order valence-electron chi connectivity index (χ4n) is 3.35. The van der Waals surface area contributed by atoms with Crippen LogP contribution in [0.25, 0.3) is 21.5 Å². The fraction of sp³-hybridized carbons (Fsp3) is 0.226. The van der Waals surface area contributed by atoms with E-state index in [9.17, 15) is 14.4 Å². The fourth-order valence-corrected chi connectivity index (χ4v) is 3.35. The molecule has 0 saturated carbocycles. The Bertz CT molecular complexity index is 1330. The van der Waals surface area contributed by atoms with Crippen LogP contribution in [0.5, 0.6) is 0 Å². The Labute approximate surface area is 222 Å². The van der Waals surface area contributed by atoms with Crippen molar-refractivity contribution in [2.24, 2.45) is 5.16 Å². The van der Waals surface area contributed by atoms with Gasteiger partial charge in [-0.25, -0.2) is 14.4 Å². The number of carbonyl (C=O) groups excluding carboxylic acids is 2. The number of carboxylic acids is 1. The molecule has 0 amide bonds. The molecule has 0 saturated heterocycles. The second-order valence-corrected chi connectivity index (χ2v) is 8.58. The van der Waals surface area contributed by atoms with Gasteiger partial charge in [-0.15, -0.1) is 0 Å². The first-order chi connectivity index (χ1) is 18.1. The molecule has 0 aliphatic heterocycles. The second-order valence-electron chi connectivity index (χ2n) is 8.58. The molecule has 0 radical (unpaired) electrons. The lowest BCUT2D eigenvalue weighted by atomic mass is 9.97. The van der Waals surface area contributed by atoms with Gasteiger partial charge in [-0.1, -0.05) is 80.3 Å². The first-order valence-corrected chi connectivity index (χ1v) is 12.2. The number of ether oxygens (including phenoxy) is 1. The first-order valence-electron chi connectivity index (χ1n) is 12.2. The number of hydrogen-bond acceptors (Lipinski definition) is 6. The number of oxime groups is 1. The number of rotatable bonds is 11. The Balaban J connectivity index is 0.000000284. The molecule has 0 unspecified atom stereocenters. The van der Waals surface area contributed by atoms with Crippen LogP contribution < -0.4 is 0 Å². The summed E-state index contributed by atoms with van der Waals surface area (Å²) in [7, 11) is 0. The molecule has 3 rings (SSSR count). The Hall–Kier alpha value is -4.52. The molecule has 0 aliphatic rings. The monoisotopic (exact) mass is 515 g/mol. The minimum atomic E-state index is -0.976. The maximum absolute atomic E-state index is 11.4. The molecule has 198 valence electrons. The van der Waals surface area contributed by atoms with Crippen LogP contribution in [0, 0.1) is 0 Å². The van der Waals surface area contributed by atoms with Crippen LogP contribution in [-0.2, 0) is 24.0 Å². The lowest BCUT2D eigenvalue weighted by molar-refractivity contribution is -0.140. The van der Waals surface area contributed by atoms with Gasteiger partial charge in [0.05, 0.1) is 12.8 Å². The summed E-state index contributed by atoms with van der Waals surface area (Å²) in [6.45, 7) is 14.2. The molecule has 0 fully saturated rings. The molecule has 0 spiro atoms. The predicted molar refractivity (Wildman–Crippen MR) is 151 cm³/mol. The Kier molecular flexibility index (Phi) is 11.6. The zero-order valence-electron chi connectivity index (χ0n) is 21.9. The lowest BCUT2D eigenvalue weighted by Crippen LogP contribution is -2.08. The van der Waals surface area contributed by atoms with Crippen LogP contribution in [-0.4, -0.2) is 35.8 Å². The van der Waals surface area contributed by atoms with Gasteiger partial charge >= 0.3 is 17.9 Å². The predicted octanol–water partition coefficient (Wildman–Crippen LogP) is 6.75. The van der Waals surface area contributed by atoms with Crippen LogP contribution in [0.3, 0.4) is 0 Å². The van der Waals surface area contributed by atoms with Crippen molar-refractivity contribution in [3.8, 4) is 0 Å². The van der Waals surface area contributed by atoms with Crippen molar-refractivity contribution in [2.75, 3.05) is 6.61 Å². The second kappa shape index (κ2) is 14.9. The molecule has 0 bridgehead atoms. The Morgan fingerprint density at radius 1 is 0.895 bits per heavy atom. The minimum Gasteiger partial charge on any atom is -0.478 e. The summed E-state index contributed by atoms with van der Waals surface area (Å²) >= 11 is 0. The summed E-state index contributed by atoms with van der Waals surface area (Å²) in [5.74, 6) is -1.88. The highest BCUT2D eigenvalue weighted by Crippen LogP contribution is 2.27. The number of unbranched alkanes of at least 4 members (excludes halogenated alkanes) is 1. The van der Waals surface area contributed by atoms with Crippen molar-refractivity contribution in [2.45, 2.75) is 39.5 Å². The number of aliphatic carboxylic acids is 1. The highest BCUT2D eigenvalue weighted by Gasteiger charge is 2.08. The summed E-state index contributed by atoms with van der Waals surface area (Å²) in [4.78, 5) is 37.8. The molecule has 3 aromatic rings. The quantitative estimate of drug-likeness (QED) is 0.0576. The van der Waals surface area contributed by atoms with Gasteiger partial charge in [0.25, 0.3) is 0 Å². The van der Waals surface area contributed by atoms with Crippen LogP contribution in [0.4, 0.5) is 0 Å². The van der Waals surface area contributed by atoms with E-state index in [1.54, 1.807) is 13.1 Å². The maximum Gasteiger partial charge on any atom is 0.360 e. The number of nitrogens with zero attached hydrogens (tertiary/aromatic N) is 1. The van der Waals surface area contributed by atoms with Crippen molar-refractivity contribution in [3.05, 3.63) is 96.6 Å². The van der Waals surface area contributed by atoms with E-state index >= 15 is 0 Å². The third kappa shape index (κ3) is 8.85. The van der Waals surface area contributed by atoms with Crippen LogP contribution >= 0.6 is 0 Å². The standard InChI is InChI=1S/C19H15NO2.C12H18O4/c1-13(2)19(21)22-20-12-18-16-9-5-3-7-14(16)11-15-8-4-6-10-17(15)18;1-4-9(2)12(15)16-8-6-5-7-10(3)11(13)14/h3-12H,1H2,2H3;2-8H2,1H3,(H,13,14). The van der Waals surface area contributed by atoms with Crippen LogP contribution in [0.1, 0.15) is 45.1 Å². The van der Waals surface area contributed by atoms with Crippen molar-refractivity contribution in [1.82, 2.24) is 0 Å². The zero-order valence-corrected chi connectivity index (χ0v) is 21.9. The van der Waals surface area contributed by atoms with Gasteiger partial charge in [-0.05, 0) is 60.2 Å². The number of esters is 1. The lowest BCUT2D eigenvalue weighted by Gasteiger charge is -2.07. The van der Waals surface area contributed by atoms with E-state index in [1.807, 2.05) is 43.3 Å². The molecule has 0 atom stereocenters.